The fraction of sp³-hybridized carbons (Fsp3) is 0.593. The molecule has 10 rings (SSSR count). The Bertz CT molecular complexity index is 2880. The van der Waals surface area contributed by atoms with Gasteiger partial charge in [-0.1, -0.05) is 51.8 Å². The summed E-state index contributed by atoms with van der Waals surface area (Å²) in [7, 11) is 1.65. The van der Waals surface area contributed by atoms with Gasteiger partial charge in [-0.3, -0.25) is 34.0 Å². The van der Waals surface area contributed by atoms with Crippen molar-refractivity contribution < 1.29 is 42.2 Å². The summed E-state index contributed by atoms with van der Waals surface area (Å²) in [4.78, 5) is 81.4. The number of methoxy groups -OCH3 is 1. The fourth-order valence-electron chi connectivity index (χ4n) is 13.3. The molecule has 7 atom stereocenters. The van der Waals surface area contributed by atoms with Gasteiger partial charge < -0.3 is 34.9 Å². The Morgan fingerprint density at radius 3 is 2.43 bits per heavy atom. The largest absolute Gasteiger partial charge is 0.464 e. The smallest absolute Gasteiger partial charge is 0.324 e. The van der Waals surface area contributed by atoms with Gasteiger partial charge in [-0.2, -0.15) is 0 Å². The molecule has 3 saturated heterocycles. The summed E-state index contributed by atoms with van der Waals surface area (Å²) in [5.41, 5.74) is 14.1. The highest BCUT2D eigenvalue weighted by molar-refractivity contribution is 5.97. The van der Waals surface area contributed by atoms with Gasteiger partial charge in [0.1, 0.15) is 18.1 Å². The quantitative estimate of drug-likeness (QED) is 0.118. The molecular weight excluding hydrogens is 971 g/mol. The van der Waals surface area contributed by atoms with E-state index in [-0.39, 0.29) is 67.5 Å². The number of halogens is 2. The van der Waals surface area contributed by atoms with Crippen molar-refractivity contribution in [2.45, 2.75) is 155 Å². The molecule has 0 unspecified atom stereocenters. The van der Waals surface area contributed by atoms with E-state index in [2.05, 4.69) is 22.2 Å². The average molecular weight is 1050 g/mol. The van der Waals surface area contributed by atoms with Crippen molar-refractivity contribution in [3.63, 3.8) is 0 Å². The minimum absolute atomic E-state index is 0.0377. The van der Waals surface area contributed by atoms with E-state index in [9.17, 15) is 14.4 Å². The molecule has 5 fully saturated rings. The molecule has 6 aliphatic rings. The number of nitrogens with zero attached hydrogens (tertiary/aromatic N) is 5. The first-order valence-corrected chi connectivity index (χ1v) is 27.9. The van der Waals surface area contributed by atoms with Gasteiger partial charge >= 0.3 is 5.97 Å². The number of hydrogen-bond donors (Lipinski definition) is 3. The zero-order valence-corrected chi connectivity index (χ0v) is 45.0. The topological polar surface area (TPSA) is 181 Å². The van der Waals surface area contributed by atoms with Crippen LogP contribution in [0.4, 0.5) is 8.78 Å². The number of benzene rings is 2. The maximum atomic E-state index is 15.3. The Morgan fingerprint density at radius 2 is 1.71 bits per heavy atom. The molecule has 17 heteroatoms. The third-order valence-electron chi connectivity index (χ3n) is 17.8. The maximum Gasteiger partial charge on any atom is 0.324 e. The van der Waals surface area contributed by atoms with Crippen LogP contribution < -0.4 is 16.5 Å². The fourth-order valence-corrected chi connectivity index (χ4v) is 13.3. The van der Waals surface area contributed by atoms with E-state index >= 15 is 18.4 Å². The average Bonchev–Trinajstić information content (AvgIpc) is 3.68. The van der Waals surface area contributed by atoms with E-state index in [1.807, 2.05) is 64.1 Å². The molecule has 76 heavy (non-hydrogen) atoms. The van der Waals surface area contributed by atoms with Crippen LogP contribution in [0, 0.1) is 28.6 Å². The van der Waals surface area contributed by atoms with Crippen LogP contribution in [0.5, 0.6) is 0 Å². The lowest BCUT2D eigenvalue weighted by molar-refractivity contribution is -0.155. The van der Waals surface area contributed by atoms with Gasteiger partial charge in [-0.25, -0.2) is 14.2 Å². The lowest BCUT2D eigenvalue weighted by atomic mass is 9.84. The molecule has 4 amide bonds. The third-order valence-corrected chi connectivity index (χ3v) is 17.8. The van der Waals surface area contributed by atoms with Gasteiger partial charge in [0.2, 0.25) is 17.7 Å². The molecule has 1 spiro atoms. The molecule has 2 aromatic heterocycles. The molecule has 2 aliphatic carbocycles. The number of fused-ring (bicyclic) bond motifs is 6. The number of hydrogen-bond acceptors (Lipinski definition) is 10. The number of esters is 1. The highest BCUT2D eigenvalue weighted by atomic mass is 19.3. The van der Waals surface area contributed by atoms with Gasteiger partial charge in [-0.05, 0) is 136 Å². The lowest BCUT2D eigenvalue weighted by Gasteiger charge is -2.37. The third kappa shape index (κ3) is 10.4. The number of aromatic nitrogens is 2. The number of cyclic esters (lactones) is 1. The van der Waals surface area contributed by atoms with E-state index in [1.165, 1.54) is 17.1 Å². The van der Waals surface area contributed by atoms with Crippen LogP contribution in [0.3, 0.4) is 0 Å². The summed E-state index contributed by atoms with van der Waals surface area (Å²) in [5.74, 6) is -1.92. The number of nitrogens with one attached hydrogen (secondary N) is 2. The van der Waals surface area contributed by atoms with Gasteiger partial charge in [0.15, 0.2) is 0 Å². The molecule has 4 N–H and O–H groups in total. The van der Waals surface area contributed by atoms with E-state index in [0.717, 1.165) is 59.1 Å². The number of rotatable bonds is 12. The van der Waals surface area contributed by atoms with Gasteiger partial charge in [-0.15, -0.1) is 0 Å². The number of pyridine rings is 1. The summed E-state index contributed by atoms with van der Waals surface area (Å²) in [6.07, 6.45) is 5.98. The molecule has 2 aromatic carbocycles. The van der Waals surface area contributed by atoms with Crippen LogP contribution in [0.1, 0.15) is 134 Å². The Labute approximate surface area is 444 Å². The first kappa shape index (κ1) is 53.6. The summed E-state index contributed by atoms with van der Waals surface area (Å²) < 4.78 is 44.6. The molecule has 6 bridgehead atoms. The lowest BCUT2D eigenvalue weighted by Crippen LogP contribution is -2.62. The van der Waals surface area contributed by atoms with E-state index in [1.54, 1.807) is 23.1 Å². The van der Waals surface area contributed by atoms with E-state index in [4.69, 9.17) is 20.2 Å². The predicted octanol–water partition coefficient (Wildman–Crippen LogP) is 8.07. The maximum absolute atomic E-state index is 15.3. The second-order valence-electron chi connectivity index (χ2n) is 23.6. The van der Waals surface area contributed by atoms with Crippen molar-refractivity contribution in [1.29, 1.82) is 0 Å². The SMILES string of the molecule is CCn1c(-c2cccnc2[C@H](C)OC)c2c3cc(ccc31)-c1cc(cc(C(F)F)c1)C[C@H](NC(=O)[C@H](C1CCCC1)N1CC[C@]3(CCN(C(=O)[C@H](C)[C@H](N)C4CC4)C3)C1=O)C(=O)N1CCC[C@H](N1)C(=O)OCC(C)(C)C2. The first-order chi connectivity index (χ1) is 36.4. The molecule has 2 saturated carbocycles. The number of carbonyl (C=O) groups is 5. The number of ether oxygens (including phenoxy) is 2. The van der Waals surface area contributed by atoms with Gasteiger partial charge in [0.05, 0.1) is 35.4 Å². The second kappa shape index (κ2) is 21.6. The van der Waals surface area contributed by atoms with Crippen molar-refractivity contribution in [1.82, 2.24) is 35.1 Å². The number of likely N-dealkylation sites (tertiary alicyclic amines) is 2. The second-order valence-corrected chi connectivity index (χ2v) is 23.6. The van der Waals surface area contributed by atoms with Crippen molar-refractivity contribution in [3.05, 3.63) is 77.1 Å². The molecule has 0 radical (unpaired) electrons. The Kier molecular flexibility index (Phi) is 15.2. The van der Waals surface area contributed by atoms with Crippen molar-refractivity contribution in [2.75, 3.05) is 39.9 Å². The molecule has 6 heterocycles. The van der Waals surface area contributed by atoms with Crippen molar-refractivity contribution in [2.24, 2.45) is 34.3 Å². The van der Waals surface area contributed by atoms with Crippen LogP contribution in [0.2, 0.25) is 0 Å². The van der Waals surface area contributed by atoms with E-state index in [0.29, 0.717) is 87.2 Å². The Morgan fingerprint density at radius 1 is 0.947 bits per heavy atom. The van der Waals surface area contributed by atoms with Gasteiger partial charge in [0.25, 0.3) is 12.3 Å². The standard InChI is InChI=1S/C59H76F2N8O7/c1-7-67-47-19-18-39-30-43(47)44(51(67)42-14-10-22-63-49(42)35(3)75-6)31-58(4,5)33-76-56(73)45-15-11-23-69(65-45)55(72)46(28-36-26-40(39)29-41(27-36)52(60)61)64-53(70)50(38-12-8-9-13-38)68-25-21-59(57(68)74)20-24-66(32-59)54(71)34(2)48(62)37-16-17-37/h10,14,18-19,22,26-27,29-30,34-35,37-38,45-46,48,50,52,65H,7-9,11-13,15-17,20-21,23-25,28,31-33,62H2,1-6H3,(H,64,70)/t34-,35+,45+,46+,48+,50+,59+/m1/s1. The highest BCUT2D eigenvalue weighted by Crippen LogP contribution is 2.46. The Balaban J connectivity index is 1.03. The summed E-state index contributed by atoms with van der Waals surface area (Å²) >= 11 is 0. The summed E-state index contributed by atoms with van der Waals surface area (Å²) in [5, 5.41) is 5.37. The van der Waals surface area contributed by atoms with Crippen LogP contribution in [-0.2, 0) is 52.8 Å². The molecule has 4 aromatic rings. The van der Waals surface area contributed by atoms with Crippen LogP contribution in [0.15, 0.2) is 54.7 Å². The van der Waals surface area contributed by atoms with Crippen LogP contribution >= 0.6 is 0 Å². The monoisotopic (exact) mass is 1050 g/mol. The van der Waals surface area contributed by atoms with Crippen LogP contribution in [-0.4, -0.2) is 118 Å². The number of hydrazine groups is 1. The van der Waals surface area contributed by atoms with Crippen LogP contribution in [0.25, 0.3) is 33.3 Å². The molecule has 408 valence electrons. The zero-order valence-electron chi connectivity index (χ0n) is 45.0. The van der Waals surface area contributed by atoms with Gasteiger partial charge in [0, 0.05) is 85.9 Å². The zero-order chi connectivity index (χ0) is 53.8. The number of alkyl halides is 2. The normalized spacial score (nSPS) is 25.0. The summed E-state index contributed by atoms with van der Waals surface area (Å²) in [6, 6.07) is 11.4. The Hall–Kier alpha value is -5.78. The summed E-state index contributed by atoms with van der Waals surface area (Å²) in [6.45, 7) is 11.9. The van der Waals surface area contributed by atoms with E-state index < -0.39 is 53.2 Å². The number of aryl methyl sites for hydroxylation is 1. The molecule has 4 aliphatic heterocycles. The number of amides is 4. The minimum Gasteiger partial charge on any atom is -0.464 e. The van der Waals surface area contributed by atoms with Crippen molar-refractivity contribution >= 4 is 40.5 Å². The molecular formula is C59H76F2N8O7. The first-order valence-electron chi connectivity index (χ1n) is 27.9. The van der Waals surface area contributed by atoms with Crippen molar-refractivity contribution in [3.8, 4) is 22.4 Å². The minimum atomic E-state index is -2.85. The number of nitrogens with two attached hydrogens (primary N) is 1. The predicted molar refractivity (Wildman–Crippen MR) is 284 cm³/mol. The number of carbonyl (C=O) groups excluding carboxylic acids is 5. The highest BCUT2D eigenvalue weighted by Gasteiger charge is 2.56. The molecule has 15 nitrogen and oxygen atoms in total.